The molecule has 0 radical (unpaired) electrons. The fourth-order valence-electron chi connectivity index (χ4n) is 2.85. The summed E-state index contributed by atoms with van der Waals surface area (Å²) in [6, 6.07) is 16.5. The van der Waals surface area contributed by atoms with Crippen LogP contribution in [-0.4, -0.2) is 16.5 Å². The molecule has 130 valence electrons. The van der Waals surface area contributed by atoms with Crippen LogP contribution >= 0.6 is 34.3 Å². The summed E-state index contributed by atoms with van der Waals surface area (Å²) >= 11 is 9.37. The topological polar surface area (TPSA) is 29.0 Å². The Morgan fingerprint density at radius 2 is 1.92 bits per heavy atom. The van der Waals surface area contributed by atoms with Crippen molar-refractivity contribution in [2.45, 2.75) is 6.54 Å². The molecule has 0 aliphatic heterocycles. The van der Waals surface area contributed by atoms with E-state index in [9.17, 15) is 0 Å². The van der Waals surface area contributed by atoms with Crippen LogP contribution in [0.4, 0.5) is 5.82 Å². The molecule has 0 amide bonds. The summed E-state index contributed by atoms with van der Waals surface area (Å²) in [4.78, 5) is 14.7. The second-order valence-electron chi connectivity index (χ2n) is 5.77. The molecule has 0 atom stereocenters. The van der Waals surface area contributed by atoms with Crippen molar-refractivity contribution in [2.24, 2.45) is 0 Å². The van der Waals surface area contributed by atoms with Crippen LogP contribution in [0.15, 0.2) is 67.5 Å². The van der Waals surface area contributed by atoms with E-state index in [1.165, 1.54) is 15.3 Å². The van der Waals surface area contributed by atoms with Gasteiger partial charge < -0.3 is 4.90 Å². The maximum Gasteiger partial charge on any atom is 0.141 e. The first-order valence-corrected chi connectivity index (χ1v) is 10.2. The van der Waals surface area contributed by atoms with Crippen LogP contribution in [0.5, 0.6) is 0 Å². The smallest absolute Gasteiger partial charge is 0.141 e. The number of fused-ring (bicyclic) bond motifs is 1. The number of hydrogen-bond acceptors (Lipinski definition) is 5. The fraction of sp³-hybridized carbons (Fsp3) is 0.100. The Morgan fingerprint density at radius 1 is 1.08 bits per heavy atom. The van der Waals surface area contributed by atoms with E-state index in [1.807, 2.05) is 18.2 Å². The molecule has 4 rings (SSSR count). The molecule has 6 heteroatoms. The van der Waals surface area contributed by atoms with E-state index in [4.69, 9.17) is 11.6 Å². The average Bonchev–Trinajstić information content (AvgIpc) is 3.28. The molecular formula is C20H16ClN3S2. The third-order valence-corrected chi connectivity index (χ3v) is 6.30. The van der Waals surface area contributed by atoms with Gasteiger partial charge in [-0.05, 0) is 23.8 Å². The summed E-state index contributed by atoms with van der Waals surface area (Å²) in [5, 5.41) is 1.07. The van der Waals surface area contributed by atoms with E-state index in [2.05, 4.69) is 57.8 Å². The summed E-state index contributed by atoms with van der Waals surface area (Å²) in [5.74, 6) is 0.929. The van der Waals surface area contributed by atoms with E-state index in [1.54, 1.807) is 29.0 Å². The monoisotopic (exact) mass is 397 g/mol. The minimum atomic E-state index is 0.706. The number of benzene rings is 1. The highest BCUT2D eigenvalue weighted by atomic mass is 35.5. The molecular weight excluding hydrogens is 382 g/mol. The first-order chi connectivity index (χ1) is 12.7. The summed E-state index contributed by atoms with van der Waals surface area (Å²) in [6.07, 6.45) is 3.54. The molecule has 0 fully saturated rings. The minimum Gasteiger partial charge on any atom is -0.347 e. The predicted octanol–water partition coefficient (Wildman–Crippen LogP) is 6.27. The zero-order chi connectivity index (χ0) is 17.9. The van der Waals surface area contributed by atoms with E-state index >= 15 is 0 Å². The maximum atomic E-state index is 6.09. The third-order valence-electron chi connectivity index (χ3n) is 3.99. The van der Waals surface area contributed by atoms with Gasteiger partial charge in [0.15, 0.2) is 0 Å². The quantitative estimate of drug-likeness (QED) is 0.359. The number of thiophene rings is 2. The average molecular weight is 398 g/mol. The van der Waals surface area contributed by atoms with Gasteiger partial charge in [-0.25, -0.2) is 9.97 Å². The second kappa shape index (κ2) is 7.58. The molecule has 0 spiro atoms. The van der Waals surface area contributed by atoms with E-state index in [0.29, 0.717) is 6.54 Å². The first kappa shape index (κ1) is 17.2. The standard InChI is InChI=1S/C20H16ClN3S2/c1-2-10-24(12-15-8-9-18(21)25-15)19-16-11-17(14-6-4-3-5-7-14)26-20(16)23-13-22-19/h2-9,11,13H,1,10,12H2. The van der Waals surface area contributed by atoms with Crippen molar-refractivity contribution in [2.75, 3.05) is 11.4 Å². The van der Waals surface area contributed by atoms with Gasteiger partial charge >= 0.3 is 0 Å². The van der Waals surface area contributed by atoms with Crippen molar-refractivity contribution in [1.29, 1.82) is 0 Å². The van der Waals surface area contributed by atoms with Crippen LogP contribution in [0.1, 0.15) is 4.88 Å². The van der Waals surface area contributed by atoms with Crippen LogP contribution < -0.4 is 4.90 Å². The molecule has 26 heavy (non-hydrogen) atoms. The van der Waals surface area contributed by atoms with Crippen LogP contribution in [-0.2, 0) is 6.54 Å². The molecule has 3 aromatic heterocycles. The van der Waals surface area contributed by atoms with Gasteiger partial charge in [0.25, 0.3) is 0 Å². The van der Waals surface area contributed by atoms with Gasteiger partial charge in [0.1, 0.15) is 17.0 Å². The summed E-state index contributed by atoms with van der Waals surface area (Å²) in [7, 11) is 0. The zero-order valence-electron chi connectivity index (χ0n) is 13.9. The molecule has 0 aliphatic carbocycles. The van der Waals surface area contributed by atoms with E-state index in [-0.39, 0.29) is 0 Å². The Balaban J connectivity index is 1.76. The number of anilines is 1. The SMILES string of the molecule is C=CCN(Cc1ccc(Cl)s1)c1ncnc2sc(-c3ccccc3)cc12. The molecule has 0 unspecified atom stereocenters. The highest BCUT2D eigenvalue weighted by Crippen LogP contribution is 2.36. The normalized spacial score (nSPS) is 11.0. The van der Waals surface area contributed by atoms with Gasteiger partial charge in [-0.1, -0.05) is 48.0 Å². The summed E-state index contributed by atoms with van der Waals surface area (Å²) < 4.78 is 0.799. The molecule has 0 saturated heterocycles. The van der Waals surface area contributed by atoms with Crippen molar-refractivity contribution in [3.05, 3.63) is 76.7 Å². The summed E-state index contributed by atoms with van der Waals surface area (Å²) in [5.41, 5.74) is 1.20. The maximum absolute atomic E-state index is 6.09. The van der Waals surface area contributed by atoms with Gasteiger partial charge in [0.2, 0.25) is 0 Å². The Labute approximate surface area is 165 Å². The zero-order valence-corrected chi connectivity index (χ0v) is 16.3. The van der Waals surface area contributed by atoms with Crippen molar-refractivity contribution < 1.29 is 0 Å². The Bertz CT molecular complexity index is 1040. The minimum absolute atomic E-state index is 0.706. The Hall–Kier alpha value is -2.21. The Kier molecular flexibility index (Phi) is 5.02. The second-order valence-corrected chi connectivity index (χ2v) is 8.60. The number of hydrogen-bond donors (Lipinski definition) is 0. The molecule has 0 bridgehead atoms. The van der Waals surface area contributed by atoms with E-state index < -0.39 is 0 Å². The lowest BCUT2D eigenvalue weighted by Crippen LogP contribution is -2.23. The van der Waals surface area contributed by atoms with Crippen LogP contribution in [0.25, 0.3) is 20.7 Å². The summed E-state index contributed by atoms with van der Waals surface area (Å²) in [6.45, 7) is 5.35. The van der Waals surface area contributed by atoms with Crippen molar-refractivity contribution in [3.63, 3.8) is 0 Å². The lowest BCUT2D eigenvalue weighted by Gasteiger charge is -2.22. The number of rotatable bonds is 6. The van der Waals surface area contributed by atoms with Gasteiger partial charge in [-0.15, -0.1) is 29.3 Å². The largest absolute Gasteiger partial charge is 0.347 e. The molecule has 0 N–H and O–H groups in total. The highest BCUT2D eigenvalue weighted by molar-refractivity contribution is 7.22. The third kappa shape index (κ3) is 3.51. The lowest BCUT2D eigenvalue weighted by atomic mass is 10.2. The van der Waals surface area contributed by atoms with Gasteiger partial charge in [-0.2, -0.15) is 0 Å². The fourth-order valence-corrected chi connectivity index (χ4v) is 4.95. The predicted molar refractivity (Wildman–Crippen MR) is 113 cm³/mol. The molecule has 4 aromatic rings. The van der Waals surface area contributed by atoms with Gasteiger partial charge in [-0.3, -0.25) is 0 Å². The van der Waals surface area contributed by atoms with Gasteiger partial charge in [0, 0.05) is 16.3 Å². The van der Waals surface area contributed by atoms with Crippen molar-refractivity contribution in [3.8, 4) is 10.4 Å². The molecule has 3 heterocycles. The highest BCUT2D eigenvalue weighted by Gasteiger charge is 2.16. The van der Waals surface area contributed by atoms with Crippen molar-refractivity contribution >= 4 is 50.3 Å². The van der Waals surface area contributed by atoms with Crippen LogP contribution in [0, 0.1) is 0 Å². The van der Waals surface area contributed by atoms with Crippen molar-refractivity contribution in [1.82, 2.24) is 9.97 Å². The lowest BCUT2D eigenvalue weighted by molar-refractivity contribution is 0.861. The number of aromatic nitrogens is 2. The number of halogens is 1. The molecule has 1 aromatic carbocycles. The van der Waals surface area contributed by atoms with Gasteiger partial charge in [0.05, 0.1) is 16.3 Å². The van der Waals surface area contributed by atoms with Crippen LogP contribution in [0.2, 0.25) is 4.34 Å². The Morgan fingerprint density at radius 3 is 2.65 bits per heavy atom. The van der Waals surface area contributed by atoms with Crippen LogP contribution in [0.3, 0.4) is 0 Å². The molecule has 3 nitrogen and oxygen atoms in total. The van der Waals surface area contributed by atoms with E-state index in [0.717, 1.165) is 26.9 Å². The first-order valence-electron chi connectivity index (χ1n) is 8.14. The molecule has 0 aliphatic rings. The molecule has 0 saturated carbocycles. The number of nitrogens with zero attached hydrogens (tertiary/aromatic N) is 3.